The van der Waals surface area contributed by atoms with E-state index in [0.29, 0.717) is 12.2 Å². The van der Waals surface area contributed by atoms with Crippen molar-refractivity contribution in [2.75, 3.05) is 26.0 Å². The number of aromatic nitrogens is 2. The van der Waals surface area contributed by atoms with Gasteiger partial charge in [0, 0.05) is 35.9 Å². The average molecular weight is 368 g/mol. The molecule has 0 saturated carbocycles. The lowest BCUT2D eigenvalue weighted by molar-refractivity contribution is -0.384. The fraction of sp³-hybridized carbons (Fsp3) is 0.357. The molecular weight excluding hydrogens is 350 g/mol. The minimum atomic E-state index is -0.385. The molecule has 0 aliphatic carbocycles. The zero-order chi connectivity index (χ0) is 16.3. The molecule has 0 aliphatic heterocycles. The summed E-state index contributed by atoms with van der Waals surface area (Å²) < 4.78 is 2.54. The molecule has 8 heteroatoms. The van der Waals surface area contributed by atoms with E-state index in [-0.39, 0.29) is 16.7 Å². The molecule has 0 saturated heterocycles. The van der Waals surface area contributed by atoms with Crippen LogP contribution in [0.5, 0.6) is 0 Å². The first-order valence-corrected chi connectivity index (χ1v) is 7.50. The molecule has 1 aromatic carbocycles. The number of anilines is 1. The summed E-state index contributed by atoms with van der Waals surface area (Å²) in [6.07, 6.45) is 3.75. The van der Waals surface area contributed by atoms with Crippen molar-refractivity contribution in [3.8, 4) is 0 Å². The number of likely N-dealkylation sites (N-methyl/N-ethyl adjacent to an activating group) is 1. The number of rotatable bonds is 6. The molecule has 0 radical (unpaired) electrons. The summed E-state index contributed by atoms with van der Waals surface area (Å²) in [4.78, 5) is 12.8. The summed E-state index contributed by atoms with van der Waals surface area (Å²) in [5.74, 6) is 0. The molecule has 1 atom stereocenters. The number of benzene rings is 1. The maximum atomic E-state index is 11.1. The first-order chi connectivity index (χ1) is 10.4. The van der Waals surface area contributed by atoms with Gasteiger partial charge in [0.25, 0.3) is 5.69 Å². The van der Waals surface area contributed by atoms with E-state index in [0.717, 1.165) is 10.0 Å². The highest BCUT2D eigenvalue weighted by Gasteiger charge is 2.19. The van der Waals surface area contributed by atoms with Crippen LogP contribution in [0.15, 0.2) is 35.1 Å². The molecule has 0 bridgehead atoms. The second kappa shape index (κ2) is 6.89. The van der Waals surface area contributed by atoms with Crippen LogP contribution in [-0.2, 0) is 7.05 Å². The number of nitro groups is 1. The molecule has 2 rings (SSSR count). The van der Waals surface area contributed by atoms with Gasteiger partial charge in [-0.25, -0.2) is 0 Å². The molecule has 1 unspecified atom stereocenters. The molecular formula is C14H18BrN5O2. The van der Waals surface area contributed by atoms with Crippen molar-refractivity contribution in [2.45, 2.75) is 6.04 Å². The maximum absolute atomic E-state index is 11.1. The monoisotopic (exact) mass is 367 g/mol. The van der Waals surface area contributed by atoms with E-state index in [4.69, 9.17) is 0 Å². The minimum absolute atomic E-state index is 0.0619. The summed E-state index contributed by atoms with van der Waals surface area (Å²) in [5, 5.41) is 18.5. The van der Waals surface area contributed by atoms with Crippen LogP contribution in [0.1, 0.15) is 11.6 Å². The zero-order valence-electron chi connectivity index (χ0n) is 12.7. The van der Waals surface area contributed by atoms with Crippen molar-refractivity contribution >= 4 is 27.3 Å². The normalized spacial score (nSPS) is 12.4. The number of hydrogen-bond donors (Lipinski definition) is 1. The Morgan fingerprint density at radius 1 is 1.50 bits per heavy atom. The predicted molar refractivity (Wildman–Crippen MR) is 88.9 cm³/mol. The van der Waals surface area contributed by atoms with Gasteiger partial charge in [-0.1, -0.05) is 15.9 Å². The molecule has 0 fully saturated rings. The Labute approximate surface area is 137 Å². The number of nitrogens with zero attached hydrogens (tertiary/aromatic N) is 4. The van der Waals surface area contributed by atoms with Gasteiger partial charge in [-0.15, -0.1) is 0 Å². The molecule has 7 nitrogen and oxygen atoms in total. The average Bonchev–Trinajstić information content (AvgIpc) is 2.84. The van der Waals surface area contributed by atoms with Crippen LogP contribution in [0.2, 0.25) is 0 Å². The summed E-state index contributed by atoms with van der Waals surface area (Å²) in [5.41, 5.74) is 1.61. The zero-order valence-corrected chi connectivity index (χ0v) is 14.2. The number of hydrogen-bond acceptors (Lipinski definition) is 5. The van der Waals surface area contributed by atoms with Crippen LogP contribution in [0.3, 0.4) is 0 Å². The van der Waals surface area contributed by atoms with Gasteiger partial charge >= 0.3 is 0 Å². The molecule has 0 amide bonds. The number of nitro benzene ring substituents is 1. The Bertz CT molecular complexity index is 671. The first kappa shape index (κ1) is 16.4. The van der Waals surface area contributed by atoms with Crippen molar-refractivity contribution < 1.29 is 4.92 Å². The van der Waals surface area contributed by atoms with Crippen LogP contribution >= 0.6 is 15.9 Å². The Morgan fingerprint density at radius 2 is 2.23 bits per heavy atom. The van der Waals surface area contributed by atoms with Crippen LogP contribution in [0.25, 0.3) is 0 Å². The van der Waals surface area contributed by atoms with Gasteiger partial charge in [0.05, 0.1) is 17.2 Å². The van der Waals surface area contributed by atoms with Gasteiger partial charge in [0.2, 0.25) is 0 Å². The summed E-state index contributed by atoms with van der Waals surface area (Å²) in [6, 6.07) is 4.93. The number of halogens is 1. The van der Waals surface area contributed by atoms with E-state index >= 15 is 0 Å². The third kappa shape index (κ3) is 3.83. The standard InChI is InChI=1S/C14H18BrN5O2/c1-18(2)14(10-7-17-19(3)9-10)8-16-12-6-11(15)4-5-13(12)20(21)22/h4-7,9,14,16H,8H2,1-3H3. The molecule has 0 aliphatic rings. The molecule has 1 aromatic heterocycles. The molecule has 1 N–H and O–H groups in total. The van der Waals surface area contributed by atoms with Crippen molar-refractivity contribution in [2.24, 2.45) is 7.05 Å². The van der Waals surface area contributed by atoms with E-state index in [1.54, 1.807) is 16.8 Å². The van der Waals surface area contributed by atoms with Gasteiger partial charge < -0.3 is 10.2 Å². The van der Waals surface area contributed by atoms with E-state index in [1.165, 1.54) is 6.07 Å². The highest BCUT2D eigenvalue weighted by molar-refractivity contribution is 9.10. The van der Waals surface area contributed by atoms with Crippen molar-refractivity contribution in [1.82, 2.24) is 14.7 Å². The van der Waals surface area contributed by atoms with Gasteiger partial charge in [-0.3, -0.25) is 14.8 Å². The largest absolute Gasteiger partial charge is 0.378 e. The second-order valence-corrected chi connectivity index (χ2v) is 6.14. The van der Waals surface area contributed by atoms with Gasteiger partial charge in [-0.2, -0.15) is 5.10 Å². The van der Waals surface area contributed by atoms with Crippen molar-refractivity contribution in [3.63, 3.8) is 0 Å². The Balaban J connectivity index is 2.20. The Morgan fingerprint density at radius 3 is 2.77 bits per heavy atom. The summed E-state index contributed by atoms with van der Waals surface area (Å²) in [6.45, 7) is 0.538. The highest BCUT2D eigenvalue weighted by Crippen LogP contribution is 2.29. The number of nitrogens with one attached hydrogen (secondary N) is 1. The fourth-order valence-corrected chi connectivity index (χ4v) is 2.59. The van der Waals surface area contributed by atoms with Crippen LogP contribution in [-0.4, -0.2) is 40.2 Å². The third-order valence-electron chi connectivity index (χ3n) is 3.37. The lowest BCUT2D eigenvalue weighted by Crippen LogP contribution is -2.26. The van der Waals surface area contributed by atoms with Crippen molar-refractivity contribution in [1.29, 1.82) is 0 Å². The van der Waals surface area contributed by atoms with Crippen LogP contribution < -0.4 is 5.32 Å². The van der Waals surface area contributed by atoms with E-state index in [9.17, 15) is 10.1 Å². The first-order valence-electron chi connectivity index (χ1n) is 6.71. The molecule has 1 heterocycles. The van der Waals surface area contributed by atoms with E-state index < -0.39 is 0 Å². The van der Waals surface area contributed by atoms with Crippen LogP contribution in [0.4, 0.5) is 11.4 Å². The maximum Gasteiger partial charge on any atom is 0.292 e. The van der Waals surface area contributed by atoms with E-state index in [1.807, 2.05) is 38.4 Å². The summed E-state index contributed by atoms with van der Waals surface area (Å²) >= 11 is 3.34. The lowest BCUT2D eigenvalue weighted by Gasteiger charge is -2.24. The van der Waals surface area contributed by atoms with Gasteiger partial charge in [-0.05, 0) is 26.2 Å². The Hall–Kier alpha value is -1.93. The van der Waals surface area contributed by atoms with Gasteiger partial charge in [0.1, 0.15) is 5.69 Å². The fourth-order valence-electron chi connectivity index (χ4n) is 2.23. The molecule has 2 aromatic rings. The summed E-state index contributed by atoms with van der Waals surface area (Å²) in [7, 11) is 5.80. The third-order valence-corrected chi connectivity index (χ3v) is 3.87. The van der Waals surface area contributed by atoms with E-state index in [2.05, 4.69) is 26.3 Å². The van der Waals surface area contributed by atoms with Crippen LogP contribution in [0, 0.1) is 10.1 Å². The number of aryl methyl sites for hydroxylation is 1. The molecule has 118 valence electrons. The molecule has 22 heavy (non-hydrogen) atoms. The van der Waals surface area contributed by atoms with Crippen molar-refractivity contribution in [3.05, 3.63) is 50.7 Å². The lowest BCUT2D eigenvalue weighted by atomic mass is 10.1. The molecule has 0 spiro atoms. The quantitative estimate of drug-likeness (QED) is 0.627. The predicted octanol–water partition coefficient (Wildman–Crippen LogP) is 2.81. The Kier molecular flexibility index (Phi) is 5.15. The smallest absolute Gasteiger partial charge is 0.292 e. The topological polar surface area (TPSA) is 76.2 Å². The SMILES string of the molecule is CN(C)C(CNc1cc(Br)ccc1[N+](=O)[O-])c1cnn(C)c1. The minimum Gasteiger partial charge on any atom is -0.378 e. The second-order valence-electron chi connectivity index (χ2n) is 5.23. The highest BCUT2D eigenvalue weighted by atomic mass is 79.9. The van der Waals surface area contributed by atoms with Gasteiger partial charge in [0.15, 0.2) is 0 Å².